The summed E-state index contributed by atoms with van der Waals surface area (Å²) >= 11 is 5.91. The van der Waals surface area contributed by atoms with E-state index < -0.39 is 0 Å². The second-order valence-corrected chi connectivity index (χ2v) is 6.48. The number of piperidine rings is 1. The third kappa shape index (κ3) is 4.58. The largest absolute Gasteiger partial charge is 0.356 e. The summed E-state index contributed by atoms with van der Waals surface area (Å²) in [6.45, 7) is 5.03. The van der Waals surface area contributed by atoms with Gasteiger partial charge in [-0.05, 0) is 50.3 Å². The van der Waals surface area contributed by atoms with Crippen molar-refractivity contribution in [1.82, 2.24) is 9.97 Å². The van der Waals surface area contributed by atoms with Gasteiger partial charge in [-0.1, -0.05) is 23.7 Å². The third-order valence-electron chi connectivity index (χ3n) is 4.13. The number of anilines is 2. The first-order valence-corrected chi connectivity index (χ1v) is 8.67. The standard InChI is InChI=1S/C18H23ClN4/c1-14-13-17(23-11-3-2-4-12-23)22-18(21-14)20-10-9-15-5-7-16(19)8-6-15/h5-8,13H,2-4,9-12H2,1H3,(H,20,21,22). The maximum atomic E-state index is 5.91. The van der Waals surface area contributed by atoms with Crippen molar-refractivity contribution in [3.05, 3.63) is 46.6 Å². The summed E-state index contributed by atoms with van der Waals surface area (Å²) in [7, 11) is 0. The fourth-order valence-electron chi connectivity index (χ4n) is 2.89. The van der Waals surface area contributed by atoms with Crippen LogP contribution in [0.2, 0.25) is 5.02 Å². The molecule has 0 radical (unpaired) electrons. The van der Waals surface area contributed by atoms with Crippen molar-refractivity contribution < 1.29 is 0 Å². The molecule has 3 rings (SSSR count). The van der Waals surface area contributed by atoms with Crippen LogP contribution in [0.25, 0.3) is 0 Å². The average molecular weight is 331 g/mol. The summed E-state index contributed by atoms with van der Waals surface area (Å²) in [5.74, 6) is 1.77. The van der Waals surface area contributed by atoms with Gasteiger partial charge in [0.2, 0.25) is 5.95 Å². The van der Waals surface area contributed by atoms with Gasteiger partial charge in [0.1, 0.15) is 5.82 Å². The zero-order valence-corrected chi connectivity index (χ0v) is 14.3. The van der Waals surface area contributed by atoms with Gasteiger partial charge in [-0.2, -0.15) is 4.98 Å². The Morgan fingerprint density at radius 1 is 1.09 bits per heavy atom. The van der Waals surface area contributed by atoms with Gasteiger partial charge in [0, 0.05) is 36.4 Å². The van der Waals surface area contributed by atoms with E-state index in [1.807, 2.05) is 19.1 Å². The van der Waals surface area contributed by atoms with Gasteiger partial charge in [0.15, 0.2) is 0 Å². The minimum absolute atomic E-state index is 0.722. The van der Waals surface area contributed by atoms with Crippen LogP contribution < -0.4 is 10.2 Å². The predicted octanol–water partition coefficient (Wildman–Crippen LogP) is 4.08. The predicted molar refractivity (Wildman–Crippen MR) is 96.5 cm³/mol. The molecule has 0 spiro atoms. The second kappa shape index (κ2) is 7.64. The Balaban J connectivity index is 1.60. The first-order chi connectivity index (χ1) is 11.2. The lowest BCUT2D eigenvalue weighted by Gasteiger charge is -2.28. The number of rotatable bonds is 5. The van der Waals surface area contributed by atoms with E-state index in [1.54, 1.807) is 0 Å². The van der Waals surface area contributed by atoms with E-state index in [-0.39, 0.29) is 0 Å². The highest BCUT2D eigenvalue weighted by molar-refractivity contribution is 6.30. The van der Waals surface area contributed by atoms with E-state index in [0.29, 0.717) is 0 Å². The summed E-state index contributed by atoms with van der Waals surface area (Å²) in [4.78, 5) is 11.6. The monoisotopic (exact) mass is 330 g/mol. The summed E-state index contributed by atoms with van der Waals surface area (Å²) in [6, 6.07) is 10.0. The first-order valence-electron chi connectivity index (χ1n) is 8.30. The maximum Gasteiger partial charge on any atom is 0.224 e. The molecule has 1 aliphatic heterocycles. The summed E-state index contributed by atoms with van der Waals surface area (Å²) in [5, 5.41) is 4.12. The first kappa shape index (κ1) is 16.1. The van der Waals surface area contributed by atoms with Crippen LogP contribution in [0.4, 0.5) is 11.8 Å². The van der Waals surface area contributed by atoms with Crippen LogP contribution in [0.1, 0.15) is 30.5 Å². The Hall–Kier alpha value is -1.81. The Morgan fingerprint density at radius 3 is 2.57 bits per heavy atom. The minimum Gasteiger partial charge on any atom is -0.356 e. The lowest BCUT2D eigenvalue weighted by Crippen LogP contribution is -2.30. The fourth-order valence-corrected chi connectivity index (χ4v) is 3.01. The van der Waals surface area contributed by atoms with Gasteiger partial charge >= 0.3 is 0 Å². The van der Waals surface area contributed by atoms with Crippen LogP contribution in [-0.4, -0.2) is 29.6 Å². The van der Waals surface area contributed by atoms with Crippen LogP contribution >= 0.6 is 11.6 Å². The van der Waals surface area contributed by atoms with Crippen molar-refractivity contribution in [1.29, 1.82) is 0 Å². The number of halogens is 1. The number of hydrogen-bond acceptors (Lipinski definition) is 4. The zero-order chi connectivity index (χ0) is 16.1. The Labute approximate surface area is 142 Å². The average Bonchev–Trinajstić information content (AvgIpc) is 2.57. The molecule has 0 bridgehead atoms. The number of aromatic nitrogens is 2. The maximum absolute atomic E-state index is 5.91. The van der Waals surface area contributed by atoms with Gasteiger partial charge in [-0.15, -0.1) is 0 Å². The number of nitrogens with zero attached hydrogens (tertiary/aromatic N) is 3. The summed E-state index contributed by atoms with van der Waals surface area (Å²) < 4.78 is 0. The highest BCUT2D eigenvalue weighted by Gasteiger charge is 2.13. The van der Waals surface area contributed by atoms with E-state index in [9.17, 15) is 0 Å². The SMILES string of the molecule is Cc1cc(N2CCCCC2)nc(NCCc2ccc(Cl)cc2)n1. The van der Waals surface area contributed by atoms with Gasteiger partial charge in [0.05, 0.1) is 0 Å². The van der Waals surface area contributed by atoms with Gasteiger partial charge in [-0.25, -0.2) is 4.98 Å². The molecule has 0 atom stereocenters. The number of benzene rings is 1. The lowest BCUT2D eigenvalue weighted by atomic mass is 10.1. The van der Waals surface area contributed by atoms with Gasteiger partial charge in [0.25, 0.3) is 0 Å². The van der Waals surface area contributed by atoms with Crippen molar-refractivity contribution in [2.45, 2.75) is 32.6 Å². The van der Waals surface area contributed by atoms with Crippen molar-refractivity contribution >= 4 is 23.4 Å². The Kier molecular flexibility index (Phi) is 5.34. The summed E-state index contributed by atoms with van der Waals surface area (Å²) in [5.41, 5.74) is 2.26. The van der Waals surface area contributed by atoms with E-state index in [4.69, 9.17) is 11.6 Å². The number of aryl methyl sites for hydroxylation is 1. The van der Waals surface area contributed by atoms with Crippen molar-refractivity contribution in [2.24, 2.45) is 0 Å². The zero-order valence-electron chi connectivity index (χ0n) is 13.6. The number of hydrogen-bond donors (Lipinski definition) is 1. The summed E-state index contributed by atoms with van der Waals surface area (Å²) in [6.07, 6.45) is 4.76. The molecule has 0 aliphatic carbocycles. The molecule has 4 nitrogen and oxygen atoms in total. The molecule has 1 N–H and O–H groups in total. The quantitative estimate of drug-likeness (QED) is 0.896. The molecule has 122 valence electrons. The molecule has 1 fully saturated rings. The minimum atomic E-state index is 0.722. The van der Waals surface area contributed by atoms with Crippen LogP contribution in [0, 0.1) is 6.92 Å². The highest BCUT2D eigenvalue weighted by atomic mass is 35.5. The molecule has 5 heteroatoms. The van der Waals surface area contributed by atoms with Gasteiger partial charge in [-0.3, -0.25) is 0 Å². The molecule has 1 aromatic heterocycles. The molecule has 0 unspecified atom stereocenters. The molecule has 2 aromatic rings. The molecule has 1 aliphatic rings. The topological polar surface area (TPSA) is 41.1 Å². The van der Waals surface area contributed by atoms with Crippen LogP contribution in [-0.2, 0) is 6.42 Å². The van der Waals surface area contributed by atoms with Crippen LogP contribution in [0.5, 0.6) is 0 Å². The Morgan fingerprint density at radius 2 is 1.83 bits per heavy atom. The lowest BCUT2D eigenvalue weighted by molar-refractivity contribution is 0.573. The smallest absolute Gasteiger partial charge is 0.224 e. The molecule has 0 saturated carbocycles. The molecular weight excluding hydrogens is 308 g/mol. The van der Waals surface area contributed by atoms with Gasteiger partial charge < -0.3 is 10.2 Å². The highest BCUT2D eigenvalue weighted by Crippen LogP contribution is 2.19. The van der Waals surface area contributed by atoms with Crippen LogP contribution in [0.3, 0.4) is 0 Å². The van der Waals surface area contributed by atoms with E-state index in [0.717, 1.165) is 48.5 Å². The molecule has 2 heterocycles. The molecule has 1 aromatic carbocycles. The third-order valence-corrected chi connectivity index (χ3v) is 4.38. The molecular formula is C18H23ClN4. The number of nitrogens with one attached hydrogen (secondary N) is 1. The van der Waals surface area contributed by atoms with E-state index >= 15 is 0 Å². The normalized spacial score (nSPS) is 14.8. The van der Waals surface area contributed by atoms with Crippen molar-refractivity contribution in [3.63, 3.8) is 0 Å². The fraction of sp³-hybridized carbons (Fsp3) is 0.444. The van der Waals surface area contributed by atoms with Crippen LogP contribution in [0.15, 0.2) is 30.3 Å². The second-order valence-electron chi connectivity index (χ2n) is 6.04. The van der Waals surface area contributed by atoms with E-state index in [2.05, 4.69) is 38.4 Å². The molecule has 1 saturated heterocycles. The Bertz CT molecular complexity index is 636. The van der Waals surface area contributed by atoms with E-state index in [1.165, 1.54) is 24.8 Å². The molecule has 23 heavy (non-hydrogen) atoms. The molecule has 0 amide bonds. The van der Waals surface area contributed by atoms with Crippen molar-refractivity contribution in [2.75, 3.05) is 29.9 Å². The van der Waals surface area contributed by atoms with Crippen molar-refractivity contribution in [3.8, 4) is 0 Å².